The molecular weight excluding hydrogens is 318 g/mol. The zero-order chi connectivity index (χ0) is 13.9. The van der Waals surface area contributed by atoms with Gasteiger partial charge in [-0.1, -0.05) is 27.6 Å². The van der Waals surface area contributed by atoms with Crippen molar-refractivity contribution >= 4 is 21.9 Å². The maximum atomic E-state index is 4.65. The lowest BCUT2D eigenvalue weighted by atomic mass is 10.1. The molecule has 106 valence electrons. The number of nitrogens with one attached hydrogen (secondary N) is 2. The highest BCUT2D eigenvalue weighted by atomic mass is 79.9. The van der Waals surface area contributed by atoms with Crippen LogP contribution >= 0.6 is 15.9 Å². The third-order valence-electron chi connectivity index (χ3n) is 3.47. The molecule has 2 heterocycles. The molecule has 0 amide bonds. The maximum absolute atomic E-state index is 4.65. The molecule has 3 rings (SSSR count). The van der Waals surface area contributed by atoms with Gasteiger partial charge >= 0.3 is 0 Å². The first-order valence-electron chi connectivity index (χ1n) is 6.88. The van der Waals surface area contributed by atoms with Crippen LogP contribution in [0.25, 0.3) is 11.4 Å². The van der Waals surface area contributed by atoms with E-state index < -0.39 is 0 Å². The van der Waals surface area contributed by atoms with Gasteiger partial charge in [0, 0.05) is 29.7 Å². The molecule has 2 aromatic rings. The fourth-order valence-corrected chi connectivity index (χ4v) is 2.82. The minimum Gasteiger partial charge on any atom is -0.338 e. The first-order valence-corrected chi connectivity index (χ1v) is 7.68. The van der Waals surface area contributed by atoms with Crippen molar-refractivity contribution in [3.8, 4) is 11.4 Å². The van der Waals surface area contributed by atoms with Crippen LogP contribution in [0.2, 0.25) is 0 Å². The number of halogens is 1. The molecule has 0 radical (unpaired) electrons. The summed E-state index contributed by atoms with van der Waals surface area (Å²) in [6.07, 6.45) is 1.12. The van der Waals surface area contributed by atoms with Crippen molar-refractivity contribution in [2.75, 3.05) is 31.1 Å². The van der Waals surface area contributed by atoms with Crippen LogP contribution < -0.4 is 10.2 Å². The molecule has 0 saturated carbocycles. The summed E-state index contributed by atoms with van der Waals surface area (Å²) < 4.78 is 1.03. The molecule has 0 aliphatic carbocycles. The van der Waals surface area contributed by atoms with Gasteiger partial charge in [0.05, 0.1) is 0 Å². The molecular formula is C14H18BrN5. The fraction of sp³-hybridized carbons (Fsp3) is 0.429. The molecule has 5 nitrogen and oxygen atoms in total. The largest absolute Gasteiger partial charge is 0.338 e. The zero-order valence-electron chi connectivity index (χ0n) is 11.5. The van der Waals surface area contributed by atoms with E-state index in [0.29, 0.717) is 0 Å². The number of hydrogen-bond acceptors (Lipinski definition) is 4. The number of nitrogens with zero attached hydrogens (tertiary/aromatic N) is 3. The number of hydrogen-bond donors (Lipinski definition) is 2. The molecule has 0 spiro atoms. The van der Waals surface area contributed by atoms with Gasteiger partial charge in [-0.3, -0.25) is 5.10 Å². The third-order valence-corrected chi connectivity index (χ3v) is 4.17. The highest BCUT2D eigenvalue weighted by Crippen LogP contribution is 2.27. The standard InChI is InChI=1S/C14H18BrN5/c1-10-3-4-12(15)11(9-10)13-17-14(19-18-13)20-7-2-5-16-6-8-20/h3-4,9,16H,2,5-8H2,1H3,(H,17,18,19). The molecule has 0 unspecified atom stereocenters. The van der Waals surface area contributed by atoms with Crippen LogP contribution in [0.15, 0.2) is 22.7 Å². The Morgan fingerprint density at radius 3 is 3.05 bits per heavy atom. The Balaban J connectivity index is 1.87. The van der Waals surface area contributed by atoms with Crippen LogP contribution in [-0.2, 0) is 0 Å². The topological polar surface area (TPSA) is 56.8 Å². The van der Waals surface area contributed by atoms with Gasteiger partial charge in [0.1, 0.15) is 0 Å². The summed E-state index contributed by atoms with van der Waals surface area (Å²) in [5, 5.41) is 10.8. The summed E-state index contributed by atoms with van der Waals surface area (Å²) in [5.74, 6) is 1.60. The van der Waals surface area contributed by atoms with Crippen molar-refractivity contribution in [2.45, 2.75) is 13.3 Å². The lowest BCUT2D eigenvalue weighted by molar-refractivity contribution is 0.724. The lowest BCUT2D eigenvalue weighted by Crippen LogP contribution is -2.28. The minimum absolute atomic E-state index is 0.789. The van der Waals surface area contributed by atoms with Crippen molar-refractivity contribution < 1.29 is 0 Å². The summed E-state index contributed by atoms with van der Waals surface area (Å²) in [4.78, 5) is 6.88. The molecule has 20 heavy (non-hydrogen) atoms. The molecule has 2 N–H and O–H groups in total. The Kier molecular flexibility index (Phi) is 4.03. The van der Waals surface area contributed by atoms with E-state index in [2.05, 4.69) is 60.4 Å². The van der Waals surface area contributed by atoms with Crippen molar-refractivity contribution in [1.82, 2.24) is 20.5 Å². The second-order valence-electron chi connectivity index (χ2n) is 5.06. The van der Waals surface area contributed by atoms with E-state index in [1.807, 2.05) is 6.07 Å². The molecule has 1 fully saturated rings. The van der Waals surface area contributed by atoms with Gasteiger partial charge in [-0.2, -0.15) is 4.98 Å². The molecule has 1 aliphatic heterocycles. The first kappa shape index (κ1) is 13.6. The van der Waals surface area contributed by atoms with Gasteiger partial charge in [-0.25, -0.2) is 0 Å². The van der Waals surface area contributed by atoms with E-state index in [-0.39, 0.29) is 0 Å². The monoisotopic (exact) mass is 335 g/mol. The average Bonchev–Trinajstić information content (AvgIpc) is 2.77. The first-order chi connectivity index (χ1) is 9.74. The van der Waals surface area contributed by atoms with Crippen LogP contribution in [0.5, 0.6) is 0 Å². The molecule has 0 atom stereocenters. The van der Waals surface area contributed by atoms with E-state index >= 15 is 0 Å². The summed E-state index contributed by atoms with van der Waals surface area (Å²) in [6.45, 7) is 6.08. The summed E-state index contributed by atoms with van der Waals surface area (Å²) in [5.41, 5.74) is 2.26. The Morgan fingerprint density at radius 2 is 2.15 bits per heavy atom. The Bertz CT molecular complexity index is 587. The SMILES string of the molecule is Cc1ccc(Br)c(-c2nc(N3CCCNCC3)n[nH]2)c1. The van der Waals surface area contributed by atoms with Crippen LogP contribution in [0.3, 0.4) is 0 Å². The van der Waals surface area contributed by atoms with E-state index in [1.165, 1.54) is 5.56 Å². The Labute approximate surface area is 126 Å². The lowest BCUT2D eigenvalue weighted by Gasteiger charge is -2.16. The van der Waals surface area contributed by atoms with Gasteiger partial charge in [-0.05, 0) is 32.0 Å². The van der Waals surface area contributed by atoms with Crippen molar-refractivity contribution in [3.63, 3.8) is 0 Å². The van der Waals surface area contributed by atoms with E-state index in [9.17, 15) is 0 Å². The number of rotatable bonds is 2. The van der Waals surface area contributed by atoms with E-state index in [1.54, 1.807) is 0 Å². The second-order valence-corrected chi connectivity index (χ2v) is 5.91. The predicted octanol–water partition coefficient (Wildman–Crippen LogP) is 2.34. The van der Waals surface area contributed by atoms with Gasteiger partial charge in [0.2, 0.25) is 5.95 Å². The highest BCUT2D eigenvalue weighted by molar-refractivity contribution is 9.10. The predicted molar refractivity (Wildman–Crippen MR) is 84.0 cm³/mol. The average molecular weight is 336 g/mol. The highest BCUT2D eigenvalue weighted by Gasteiger charge is 2.15. The zero-order valence-corrected chi connectivity index (χ0v) is 13.1. The molecule has 6 heteroatoms. The summed E-state index contributed by atoms with van der Waals surface area (Å²) in [6, 6.07) is 6.23. The smallest absolute Gasteiger partial charge is 0.245 e. The Hall–Kier alpha value is -1.40. The van der Waals surface area contributed by atoms with E-state index in [0.717, 1.165) is 54.4 Å². The number of aryl methyl sites for hydroxylation is 1. The maximum Gasteiger partial charge on any atom is 0.245 e. The normalized spacial score (nSPS) is 16.2. The van der Waals surface area contributed by atoms with Crippen molar-refractivity contribution in [2.24, 2.45) is 0 Å². The van der Waals surface area contributed by atoms with Crippen molar-refractivity contribution in [3.05, 3.63) is 28.2 Å². The van der Waals surface area contributed by atoms with Crippen LogP contribution in [0.4, 0.5) is 5.95 Å². The number of benzene rings is 1. The van der Waals surface area contributed by atoms with Crippen molar-refractivity contribution in [1.29, 1.82) is 0 Å². The van der Waals surface area contributed by atoms with E-state index in [4.69, 9.17) is 0 Å². The van der Waals surface area contributed by atoms with Crippen LogP contribution in [0.1, 0.15) is 12.0 Å². The van der Waals surface area contributed by atoms with Gasteiger partial charge < -0.3 is 10.2 Å². The van der Waals surface area contributed by atoms with Gasteiger partial charge in [-0.15, -0.1) is 5.10 Å². The molecule has 1 aromatic heterocycles. The third kappa shape index (κ3) is 2.86. The molecule has 1 aromatic carbocycles. The summed E-state index contributed by atoms with van der Waals surface area (Å²) >= 11 is 3.57. The van der Waals surface area contributed by atoms with Crippen LogP contribution in [-0.4, -0.2) is 41.4 Å². The molecule has 0 bridgehead atoms. The van der Waals surface area contributed by atoms with Crippen LogP contribution in [0, 0.1) is 6.92 Å². The number of H-pyrrole nitrogens is 1. The minimum atomic E-state index is 0.789. The number of aromatic nitrogens is 3. The Morgan fingerprint density at radius 1 is 1.25 bits per heavy atom. The van der Waals surface area contributed by atoms with Gasteiger partial charge in [0.25, 0.3) is 0 Å². The van der Waals surface area contributed by atoms with Gasteiger partial charge in [0.15, 0.2) is 5.82 Å². The quantitative estimate of drug-likeness (QED) is 0.884. The fourth-order valence-electron chi connectivity index (χ4n) is 2.38. The second kappa shape index (κ2) is 5.93. The number of aromatic amines is 1. The molecule has 1 aliphatic rings. The summed E-state index contributed by atoms with van der Waals surface area (Å²) in [7, 11) is 0. The number of anilines is 1. The molecule has 1 saturated heterocycles.